The maximum atomic E-state index is 13.8. The first-order valence-electron chi connectivity index (χ1n) is 9.36. The van der Waals surface area contributed by atoms with Crippen molar-refractivity contribution in [2.75, 3.05) is 13.7 Å². The molecule has 0 fully saturated rings. The summed E-state index contributed by atoms with van der Waals surface area (Å²) >= 11 is 0. The van der Waals surface area contributed by atoms with Gasteiger partial charge in [-0.05, 0) is 37.0 Å². The number of halogens is 4. The van der Waals surface area contributed by atoms with E-state index in [2.05, 4.69) is 5.32 Å². The van der Waals surface area contributed by atoms with Gasteiger partial charge in [-0.15, -0.1) is 0 Å². The quantitative estimate of drug-likeness (QED) is 0.654. The fraction of sp³-hybridized carbons (Fsp3) is 0.524. The van der Waals surface area contributed by atoms with Crippen molar-refractivity contribution in [2.24, 2.45) is 11.3 Å². The average molecular weight is 428 g/mol. The van der Waals surface area contributed by atoms with Crippen LogP contribution in [-0.2, 0) is 15.7 Å². The van der Waals surface area contributed by atoms with Crippen molar-refractivity contribution in [3.05, 3.63) is 46.4 Å². The molecule has 0 radical (unpaired) electrons. The van der Waals surface area contributed by atoms with Crippen molar-refractivity contribution in [2.45, 2.75) is 45.3 Å². The number of ether oxygens (including phenoxy) is 1. The van der Waals surface area contributed by atoms with Crippen molar-refractivity contribution >= 4 is 5.97 Å². The first kappa shape index (κ1) is 23.7. The third-order valence-corrected chi connectivity index (χ3v) is 5.45. The Hall–Kier alpha value is -2.60. The Morgan fingerprint density at radius 2 is 2.03 bits per heavy atom. The standard InChI is InChI=1S/C21H24F4N2O3/c1-11(2)8-20(19(28)29)17(10-30-4)27-12(3)15(9-26)18(20)14-6-5-13(22)7-16(14)21(23,24)25/h5-7,11,17-18,27H,8,10H2,1-4H3,(H,28,29). The molecule has 0 bridgehead atoms. The van der Waals surface area contributed by atoms with Gasteiger partial charge >= 0.3 is 12.1 Å². The number of methoxy groups -OCH3 is 1. The molecule has 2 rings (SSSR count). The number of carboxylic acids is 1. The Bertz CT molecular complexity index is 889. The number of rotatable bonds is 6. The molecule has 0 spiro atoms. The first-order valence-corrected chi connectivity index (χ1v) is 9.36. The number of nitriles is 1. The molecule has 1 aliphatic rings. The summed E-state index contributed by atoms with van der Waals surface area (Å²) in [5.41, 5.74) is -3.41. The van der Waals surface area contributed by atoms with Crippen LogP contribution in [0.25, 0.3) is 0 Å². The van der Waals surface area contributed by atoms with Crippen LogP contribution < -0.4 is 5.32 Å². The highest BCUT2D eigenvalue weighted by atomic mass is 19.4. The highest BCUT2D eigenvalue weighted by Gasteiger charge is 2.58. The number of carboxylic acid groups (broad SMARTS) is 1. The van der Waals surface area contributed by atoms with Crippen molar-refractivity contribution < 1.29 is 32.2 Å². The molecule has 9 heteroatoms. The summed E-state index contributed by atoms with van der Waals surface area (Å²) in [4.78, 5) is 12.7. The van der Waals surface area contributed by atoms with Crippen LogP contribution in [-0.4, -0.2) is 30.8 Å². The van der Waals surface area contributed by atoms with E-state index >= 15 is 0 Å². The molecule has 0 aliphatic carbocycles. The predicted molar refractivity (Wildman–Crippen MR) is 101 cm³/mol. The Labute approximate surface area is 172 Å². The van der Waals surface area contributed by atoms with Gasteiger partial charge in [0.1, 0.15) is 11.2 Å². The molecule has 1 aromatic carbocycles. The molecule has 3 unspecified atom stereocenters. The molecule has 0 aromatic heterocycles. The van der Waals surface area contributed by atoms with Gasteiger partial charge in [-0.2, -0.15) is 18.4 Å². The smallest absolute Gasteiger partial charge is 0.416 e. The lowest BCUT2D eigenvalue weighted by Gasteiger charge is -2.48. The summed E-state index contributed by atoms with van der Waals surface area (Å²) in [6.45, 7) is 4.90. The van der Waals surface area contributed by atoms with Gasteiger partial charge in [0.2, 0.25) is 0 Å². The molecule has 1 heterocycles. The number of carbonyl (C=O) groups is 1. The van der Waals surface area contributed by atoms with Gasteiger partial charge in [-0.3, -0.25) is 4.79 Å². The Balaban J connectivity index is 2.97. The number of hydrogen-bond acceptors (Lipinski definition) is 4. The van der Waals surface area contributed by atoms with Gasteiger partial charge in [0, 0.05) is 18.7 Å². The third kappa shape index (κ3) is 4.15. The minimum absolute atomic E-state index is 0.0266. The van der Waals surface area contributed by atoms with Gasteiger partial charge in [-0.25, -0.2) is 4.39 Å². The van der Waals surface area contributed by atoms with Crippen LogP contribution in [0, 0.1) is 28.5 Å². The highest BCUT2D eigenvalue weighted by molar-refractivity contribution is 5.80. The zero-order valence-corrected chi connectivity index (χ0v) is 17.1. The summed E-state index contributed by atoms with van der Waals surface area (Å²) in [6, 6.07) is 3.11. The van der Waals surface area contributed by atoms with Gasteiger partial charge < -0.3 is 15.2 Å². The van der Waals surface area contributed by atoms with E-state index in [0.29, 0.717) is 6.07 Å². The van der Waals surface area contributed by atoms with E-state index in [1.54, 1.807) is 13.8 Å². The van der Waals surface area contributed by atoms with E-state index in [0.717, 1.165) is 12.1 Å². The van der Waals surface area contributed by atoms with Crippen LogP contribution in [0.15, 0.2) is 29.5 Å². The molecular weight excluding hydrogens is 404 g/mol. The topological polar surface area (TPSA) is 82.3 Å². The molecular formula is C21H24F4N2O3. The van der Waals surface area contributed by atoms with Gasteiger partial charge in [-0.1, -0.05) is 19.9 Å². The van der Waals surface area contributed by atoms with Gasteiger partial charge in [0.15, 0.2) is 0 Å². The first-order chi connectivity index (χ1) is 13.9. The summed E-state index contributed by atoms with van der Waals surface area (Å²) in [5, 5.41) is 23.1. The lowest BCUT2D eigenvalue weighted by molar-refractivity contribution is -0.156. The van der Waals surface area contributed by atoms with Gasteiger partial charge in [0.05, 0.1) is 29.9 Å². The molecule has 2 N–H and O–H groups in total. The lowest BCUT2D eigenvalue weighted by Crippen LogP contribution is -2.59. The fourth-order valence-electron chi connectivity index (χ4n) is 4.40. The second-order valence-corrected chi connectivity index (χ2v) is 7.91. The summed E-state index contributed by atoms with van der Waals surface area (Å²) in [5.74, 6) is -4.12. The van der Waals surface area contributed by atoms with E-state index in [1.807, 2.05) is 6.07 Å². The molecule has 0 saturated heterocycles. The highest BCUT2D eigenvalue weighted by Crippen LogP contribution is 2.53. The van der Waals surface area contributed by atoms with Crippen LogP contribution in [0.3, 0.4) is 0 Å². The summed E-state index contributed by atoms with van der Waals surface area (Å²) in [7, 11) is 1.36. The Kier molecular flexibility index (Phi) is 6.82. The molecule has 0 amide bonds. The fourth-order valence-corrected chi connectivity index (χ4v) is 4.40. The second kappa shape index (κ2) is 8.64. The van der Waals surface area contributed by atoms with Crippen molar-refractivity contribution in [1.82, 2.24) is 5.32 Å². The number of hydrogen-bond donors (Lipinski definition) is 2. The largest absolute Gasteiger partial charge is 0.481 e. The zero-order chi connectivity index (χ0) is 22.9. The minimum atomic E-state index is -4.93. The van der Waals surface area contributed by atoms with Gasteiger partial charge in [0.25, 0.3) is 0 Å². The normalized spacial score (nSPS) is 24.5. The van der Waals surface area contributed by atoms with E-state index in [9.17, 15) is 32.7 Å². The van der Waals surface area contributed by atoms with E-state index in [4.69, 9.17) is 4.74 Å². The van der Waals surface area contributed by atoms with Crippen LogP contribution in [0.2, 0.25) is 0 Å². The molecule has 30 heavy (non-hydrogen) atoms. The van der Waals surface area contributed by atoms with Crippen molar-refractivity contribution in [3.63, 3.8) is 0 Å². The van der Waals surface area contributed by atoms with Crippen LogP contribution >= 0.6 is 0 Å². The average Bonchev–Trinajstić information content (AvgIpc) is 2.62. The number of nitrogens with one attached hydrogen (secondary N) is 1. The lowest BCUT2D eigenvalue weighted by atomic mass is 9.58. The number of alkyl halides is 3. The molecule has 164 valence electrons. The summed E-state index contributed by atoms with van der Waals surface area (Å²) < 4.78 is 60.4. The number of nitrogens with zero attached hydrogens (tertiary/aromatic N) is 1. The molecule has 5 nitrogen and oxygen atoms in total. The molecule has 0 saturated carbocycles. The minimum Gasteiger partial charge on any atom is -0.481 e. The molecule has 1 aromatic rings. The second-order valence-electron chi connectivity index (χ2n) is 7.91. The van der Waals surface area contributed by atoms with E-state index in [1.165, 1.54) is 14.0 Å². The summed E-state index contributed by atoms with van der Waals surface area (Å²) in [6.07, 6.45) is -4.96. The predicted octanol–water partition coefficient (Wildman–Crippen LogP) is 4.46. The van der Waals surface area contributed by atoms with Crippen LogP contribution in [0.1, 0.15) is 44.2 Å². The van der Waals surface area contributed by atoms with Crippen LogP contribution in [0.4, 0.5) is 17.6 Å². The zero-order valence-electron chi connectivity index (χ0n) is 17.1. The Morgan fingerprint density at radius 3 is 2.50 bits per heavy atom. The molecule has 3 atom stereocenters. The number of benzene rings is 1. The Morgan fingerprint density at radius 1 is 1.40 bits per heavy atom. The maximum Gasteiger partial charge on any atom is 0.416 e. The van der Waals surface area contributed by atoms with Crippen LogP contribution in [0.5, 0.6) is 0 Å². The van der Waals surface area contributed by atoms with Crippen molar-refractivity contribution in [1.29, 1.82) is 5.26 Å². The number of allylic oxidation sites excluding steroid dienone is 2. The van der Waals surface area contributed by atoms with Crippen molar-refractivity contribution in [3.8, 4) is 6.07 Å². The monoisotopic (exact) mass is 428 g/mol. The maximum absolute atomic E-state index is 13.8. The number of aliphatic carboxylic acids is 1. The molecule has 1 aliphatic heterocycles. The SMILES string of the molecule is COCC1NC(C)=C(C#N)C(c2ccc(F)cc2C(F)(F)F)C1(CC(C)C)C(=O)O. The van der Waals surface area contributed by atoms with E-state index in [-0.39, 0.29) is 30.2 Å². The van der Waals surface area contributed by atoms with E-state index < -0.39 is 46.5 Å². The third-order valence-electron chi connectivity index (χ3n) is 5.45.